The zero-order valence-electron chi connectivity index (χ0n) is 7.95. The van der Waals surface area contributed by atoms with Gasteiger partial charge in [-0.3, -0.25) is 0 Å². The Balaban J connectivity index is 2.69. The van der Waals surface area contributed by atoms with Crippen molar-refractivity contribution in [2.45, 2.75) is 13.8 Å². The van der Waals surface area contributed by atoms with Gasteiger partial charge in [0.2, 0.25) is 5.89 Å². The number of allylic oxidation sites excluding steroid dienone is 5. The summed E-state index contributed by atoms with van der Waals surface area (Å²) in [6, 6.07) is 0. The molecule has 0 saturated heterocycles. The Kier molecular flexibility index (Phi) is 3.26. The molecule has 0 aliphatic rings. The molecular formula is C11H13NO. The first kappa shape index (κ1) is 9.52. The van der Waals surface area contributed by atoms with E-state index in [9.17, 15) is 0 Å². The van der Waals surface area contributed by atoms with Gasteiger partial charge in [-0.05, 0) is 13.8 Å². The molecule has 0 saturated carbocycles. The van der Waals surface area contributed by atoms with Crippen LogP contribution in [0.1, 0.15) is 18.6 Å². The van der Waals surface area contributed by atoms with E-state index < -0.39 is 0 Å². The van der Waals surface area contributed by atoms with Crippen molar-refractivity contribution in [2.24, 2.45) is 0 Å². The van der Waals surface area contributed by atoms with Crippen molar-refractivity contribution < 1.29 is 4.42 Å². The molecule has 0 bridgehead atoms. The highest BCUT2D eigenvalue weighted by atomic mass is 16.4. The smallest absolute Gasteiger partial charge is 0.225 e. The molecule has 0 radical (unpaired) electrons. The van der Waals surface area contributed by atoms with Gasteiger partial charge in [0.1, 0.15) is 5.76 Å². The third-order valence-electron chi connectivity index (χ3n) is 1.50. The zero-order valence-corrected chi connectivity index (χ0v) is 7.95. The summed E-state index contributed by atoms with van der Waals surface area (Å²) in [6.07, 6.45) is 9.34. The molecule has 1 aromatic heterocycles. The van der Waals surface area contributed by atoms with Crippen LogP contribution in [-0.2, 0) is 0 Å². The van der Waals surface area contributed by atoms with Gasteiger partial charge in [0.05, 0.1) is 6.20 Å². The second-order valence-corrected chi connectivity index (χ2v) is 2.69. The van der Waals surface area contributed by atoms with E-state index in [1.165, 1.54) is 0 Å². The van der Waals surface area contributed by atoms with E-state index in [4.69, 9.17) is 4.42 Å². The van der Waals surface area contributed by atoms with Crippen molar-refractivity contribution in [1.82, 2.24) is 4.98 Å². The molecule has 68 valence electrons. The minimum Gasteiger partial charge on any atom is -0.442 e. The highest BCUT2D eigenvalue weighted by Gasteiger charge is 2.00. The third-order valence-corrected chi connectivity index (χ3v) is 1.50. The molecule has 2 heteroatoms. The van der Waals surface area contributed by atoms with Crippen molar-refractivity contribution in [3.8, 4) is 0 Å². The van der Waals surface area contributed by atoms with Gasteiger partial charge < -0.3 is 4.42 Å². The topological polar surface area (TPSA) is 26.0 Å². The van der Waals surface area contributed by atoms with E-state index in [1.807, 2.05) is 38.2 Å². The van der Waals surface area contributed by atoms with Gasteiger partial charge in [-0.2, -0.15) is 0 Å². The van der Waals surface area contributed by atoms with Crippen LogP contribution in [0.3, 0.4) is 0 Å². The number of aryl methyl sites for hydroxylation is 1. The van der Waals surface area contributed by atoms with E-state index in [-0.39, 0.29) is 0 Å². The van der Waals surface area contributed by atoms with Gasteiger partial charge in [-0.1, -0.05) is 30.9 Å². The second-order valence-electron chi connectivity index (χ2n) is 2.69. The number of hydrogen-bond donors (Lipinski definition) is 0. The molecule has 1 heterocycles. The molecule has 0 unspecified atom stereocenters. The first-order valence-corrected chi connectivity index (χ1v) is 4.15. The van der Waals surface area contributed by atoms with Crippen LogP contribution in [0.4, 0.5) is 0 Å². The second kappa shape index (κ2) is 4.45. The molecule has 0 fully saturated rings. The lowest BCUT2D eigenvalue weighted by atomic mass is 10.3. The summed E-state index contributed by atoms with van der Waals surface area (Å²) >= 11 is 0. The molecular weight excluding hydrogens is 162 g/mol. The zero-order chi connectivity index (χ0) is 9.68. The average molecular weight is 175 g/mol. The normalized spacial score (nSPS) is 11.5. The van der Waals surface area contributed by atoms with Gasteiger partial charge in [0.25, 0.3) is 0 Å². The van der Waals surface area contributed by atoms with Crippen LogP contribution in [0, 0.1) is 6.92 Å². The van der Waals surface area contributed by atoms with E-state index >= 15 is 0 Å². The summed E-state index contributed by atoms with van der Waals surface area (Å²) in [6.45, 7) is 7.65. The molecule has 0 spiro atoms. The largest absolute Gasteiger partial charge is 0.442 e. The van der Waals surface area contributed by atoms with Crippen molar-refractivity contribution in [1.29, 1.82) is 0 Å². The van der Waals surface area contributed by atoms with Gasteiger partial charge in [-0.15, -0.1) is 0 Å². The summed E-state index contributed by atoms with van der Waals surface area (Å²) in [5.74, 6) is 1.38. The molecule has 1 rings (SSSR count). The fourth-order valence-electron chi connectivity index (χ4n) is 0.857. The summed E-state index contributed by atoms with van der Waals surface area (Å²) < 4.78 is 5.29. The Bertz CT molecular complexity index is 345. The lowest BCUT2D eigenvalue weighted by molar-refractivity contribution is 0.514. The van der Waals surface area contributed by atoms with Crippen LogP contribution in [0.15, 0.2) is 41.5 Å². The quantitative estimate of drug-likeness (QED) is 0.659. The first-order valence-electron chi connectivity index (χ1n) is 4.15. The van der Waals surface area contributed by atoms with Crippen LogP contribution in [0.25, 0.3) is 5.57 Å². The number of nitrogens with zero attached hydrogens (tertiary/aromatic N) is 1. The Labute approximate surface area is 78.3 Å². The minimum atomic E-state index is 0.582. The van der Waals surface area contributed by atoms with Gasteiger partial charge >= 0.3 is 0 Å². The summed E-state index contributed by atoms with van der Waals surface area (Å²) in [7, 11) is 0. The summed E-state index contributed by atoms with van der Waals surface area (Å²) in [4.78, 5) is 4.05. The standard InChI is InChI=1S/C11H13NO/c1-4-5-6-7-9(2)11-12-8-10(3)13-11/h4-8H,2H2,1,3H3/b5-4-,7-6-. The van der Waals surface area contributed by atoms with Crippen LogP contribution >= 0.6 is 0 Å². The van der Waals surface area contributed by atoms with Crippen LogP contribution < -0.4 is 0 Å². The highest BCUT2D eigenvalue weighted by Crippen LogP contribution is 2.12. The molecule has 13 heavy (non-hydrogen) atoms. The summed E-state index contributed by atoms with van der Waals surface area (Å²) in [5.41, 5.74) is 0.784. The van der Waals surface area contributed by atoms with Crippen LogP contribution in [0.5, 0.6) is 0 Å². The Hall–Kier alpha value is -1.57. The SMILES string of the molecule is C=C(/C=C\C=C/C)c1ncc(C)o1. The molecule has 0 amide bonds. The van der Waals surface area contributed by atoms with Gasteiger partial charge in [0.15, 0.2) is 0 Å². The van der Waals surface area contributed by atoms with Gasteiger partial charge in [-0.25, -0.2) is 4.98 Å². The first-order chi connectivity index (χ1) is 6.24. The molecule has 2 nitrogen and oxygen atoms in total. The number of hydrogen-bond acceptors (Lipinski definition) is 2. The monoisotopic (exact) mass is 175 g/mol. The predicted molar refractivity (Wildman–Crippen MR) is 54.2 cm³/mol. The maximum atomic E-state index is 5.29. The molecule has 0 aromatic carbocycles. The molecule has 1 aromatic rings. The lowest BCUT2D eigenvalue weighted by Crippen LogP contribution is -1.75. The average Bonchev–Trinajstić information content (AvgIpc) is 2.52. The van der Waals surface area contributed by atoms with Crippen molar-refractivity contribution in [2.75, 3.05) is 0 Å². The lowest BCUT2D eigenvalue weighted by Gasteiger charge is -1.90. The van der Waals surface area contributed by atoms with E-state index in [0.717, 1.165) is 11.3 Å². The van der Waals surface area contributed by atoms with Crippen molar-refractivity contribution >= 4 is 5.57 Å². The Morgan fingerprint density at radius 2 is 2.31 bits per heavy atom. The molecule has 0 aliphatic heterocycles. The Morgan fingerprint density at radius 3 is 2.85 bits per heavy atom. The maximum absolute atomic E-state index is 5.29. The molecule has 0 aliphatic carbocycles. The van der Waals surface area contributed by atoms with Gasteiger partial charge in [0, 0.05) is 5.57 Å². The third kappa shape index (κ3) is 2.75. The number of rotatable bonds is 3. The molecule has 0 atom stereocenters. The fraction of sp³-hybridized carbons (Fsp3) is 0.182. The van der Waals surface area contributed by atoms with E-state index in [1.54, 1.807) is 6.20 Å². The molecule has 0 N–H and O–H groups in total. The minimum absolute atomic E-state index is 0.582. The van der Waals surface area contributed by atoms with Crippen LogP contribution in [-0.4, -0.2) is 4.98 Å². The summed E-state index contributed by atoms with van der Waals surface area (Å²) in [5, 5.41) is 0. The van der Waals surface area contributed by atoms with Crippen molar-refractivity contribution in [3.63, 3.8) is 0 Å². The van der Waals surface area contributed by atoms with Crippen molar-refractivity contribution in [3.05, 3.63) is 48.7 Å². The fourth-order valence-corrected chi connectivity index (χ4v) is 0.857. The van der Waals surface area contributed by atoms with E-state index in [2.05, 4.69) is 11.6 Å². The number of aromatic nitrogens is 1. The Morgan fingerprint density at radius 1 is 1.54 bits per heavy atom. The van der Waals surface area contributed by atoms with Crippen LogP contribution in [0.2, 0.25) is 0 Å². The number of oxazole rings is 1. The highest BCUT2D eigenvalue weighted by molar-refractivity contribution is 5.66. The van der Waals surface area contributed by atoms with E-state index in [0.29, 0.717) is 5.89 Å². The maximum Gasteiger partial charge on any atom is 0.225 e. The predicted octanol–water partition coefficient (Wildman–Crippen LogP) is 3.13.